The van der Waals surface area contributed by atoms with Crippen LogP contribution in [-0.4, -0.2) is 33.6 Å². The van der Waals surface area contributed by atoms with Crippen molar-refractivity contribution in [2.24, 2.45) is 0 Å². The zero-order chi connectivity index (χ0) is 18.0. The second-order valence-electron chi connectivity index (χ2n) is 5.26. The number of hydrogen-bond donors (Lipinski definition) is 3. The van der Waals surface area contributed by atoms with Gasteiger partial charge in [0, 0.05) is 16.3 Å². The van der Waals surface area contributed by atoms with Crippen LogP contribution < -0.4 is 5.32 Å². The number of rotatable bonds is 4. The van der Waals surface area contributed by atoms with E-state index in [0.29, 0.717) is 27.1 Å². The number of carboxylic acid groups (broad SMARTS) is 1. The summed E-state index contributed by atoms with van der Waals surface area (Å²) >= 11 is 6.29. The van der Waals surface area contributed by atoms with Crippen molar-refractivity contribution in [1.82, 2.24) is 10.3 Å². The Hall–Kier alpha value is -3.12. The molecule has 0 bridgehead atoms. The molecule has 0 saturated heterocycles. The molecule has 0 aliphatic carbocycles. The number of fused-ring (bicyclic) bond motifs is 1. The molecule has 0 fully saturated rings. The number of aromatic nitrogens is 1. The lowest BCUT2D eigenvalue weighted by Gasteiger charge is -2.13. The molecule has 3 N–H and O–H groups in total. The molecule has 2 aromatic carbocycles. The largest absolute Gasteiger partial charge is 0.505 e. The molecule has 1 amide bonds. The molecule has 126 valence electrons. The first-order chi connectivity index (χ1) is 12.0. The Balaban J connectivity index is 2.25. The van der Waals surface area contributed by atoms with Crippen molar-refractivity contribution in [3.63, 3.8) is 0 Å². The molecule has 0 aliphatic heterocycles. The maximum absolute atomic E-state index is 12.3. The Kier molecular flexibility index (Phi) is 4.54. The van der Waals surface area contributed by atoms with Gasteiger partial charge in [-0.1, -0.05) is 54.1 Å². The number of carboxylic acids is 1. The minimum absolute atomic E-state index is 0.255. The van der Waals surface area contributed by atoms with Gasteiger partial charge >= 0.3 is 5.97 Å². The Bertz CT molecular complexity index is 974. The molecular weight excluding hydrogens is 344 g/mol. The van der Waals surface area contributed by atoms with Crippen molar-refractivity contribution < 1.29 is 19.8 Å². The average molecular weight is 357 g/mol. The second kappa shape index (κ2) is 6.78. The highest BCUT2D eigenvalue weighted by atomic mass is 35.5. The minimum atomic E-state index is -1.19. The molecule has 3 aromatic rings. The maximum atomic E-state index is 12.3. The molecule has 25 heavy (non-hydrogen) atoms. The molecule has 3 rings (SSSR count). The third kappa shape index (κ3) is 3.25. The number of nitrogens with zero attached hydrogens (tertiary/aromatic N) is 1. The number of nitrogens with one attached hydrogen (secondary N) is 1. The Morgan fingerprint density at radius 2 is 1.80 bits per heavy atom. The number of benzene rings is 2. The van der Waals surface area contributed by atoms with Gasteiger partial charge in [-0.25, -0.2) is 4.98 Å². The van der Waals surface area contributed by atoms with Gasteiger partial charge in [-0.05, 0) is 6.07 Å². The minimum Gasteiger partial charge on any atom is -0.505 e. The van der Waals surface area contributed by atoms with Gasteiger partial charge in [0.2, 0.25) is 0 Å². The third-order valence-corrected chi connectivity index (χ3v) is 3.93. The monoisotopic (exact) mass is 356 g/mol. The van der Waals surface area contributed by atoms with Crippen LogP contribution in [0.15, 0.2) is 48.5 Å². The van der Waals surface area contributed by atoms with E-state index in [4.69, 9.17) is 16.7 Å². The molecule has 0 aliphatic rings. The highest BCUT2D eigenvalue weighted by Gasteiger charge is 2.21. The first kappa shape index (κ1) is 16.7. The summed E-state index contributed by atoms with van der Waals surface area (Å²) in [4.78, 5) is 27.2. The number of carbonyl (C=O) groups is 2. The van der Waals surface area contributed by atoms with Gasteiger partial charge in [-0.15, -0.1) is 0 Å². The quantitative estimate of drug-likeness (QED) is 0.667. The molecule has 7 heteroatoms. The third-order valence-electron chi connectivity index (χ3n) is 3.62. The first-order valence-corrected chi connectivity index (χ1v) is 7.73. The smallest absolute Gasteiger partial charge is 0.322 e. The van der Waals surface area contributed by atoms with Gasteiger partial charge in [0.1, 0.15) is 6.54 Å². The zero-order valence-electron chi connectivity index (χ0n) is 12.9. The summed E-state index contributed by atoms with van der Waals surface area (Å²) in [5.41, 5.74) is 0.891. The van der Waals surface area contributed by atoms with Crippen LogP contribution in [0.5, 0.6) is 5.75 Å². The zero-order valence-corrected chi connectivity index (χ0v) is 13.6. The summed E-state index contributed by atoms with van der Waals surface area (Å²) in [6.07, 6.45) is 0. The van der Waals surface area contributed by atoms with Crippen LogP contribution in [0.1, 0.15) is 10.5 Å². The van der Waals surface area contributed by atoms with E-state index in [1.807, 2.05) is 18.2 Å². The number of aromatic hydroxyl groups is 1. The van der Waals surface area contributed by atoms with Gasteiger partial charge in [-0.2, -0.15) is 0 Å². The fourth-order valence-corrected chi connectivity index (χ4v) is 2.78. The molecule has 0 saturated carbocycles. The van der Waals surface area contributed by atoms with E-state index >= 15 is 0 Å². The molecule has 0 radical (unpaired) electrons. The van der Waals surface area contributed by atoms with E-state index in [0.717, 1.165) is 0 Å². The van der Waals surface area contributed by atoms with E-state index in [1.54, 1.807) is 30.3 Å². The highest BCUT2D eigenvalue weighted by molar-refractivity contribution is 6.37. The fourth-order valence-electron chi connectivity index (χ4n) is 2.51. The lowest BCUT2D eigenvalue weighted by Crippen LogP contribution is -2.30. The predicted molar refractivity (Wildman–Crippen MR) is 93.8 cm³/mol. The Labute approximate surface area is 147 Å². The number of amides is 1. The molecule has 6 nitrogen and oxygen atoms in total. The number of pyridine rings is 1. The molecule has 1 heterocycles. The summed E-state index contributed by atoms with van der Waals surface area (Å²) in [6, 6.07) is 14.0. The Morgan fingerprint density at radius 3 is 2.48 bits per heavy atom. The van der Waals surface area contributed by atoms with Gasteiger partial charge in [0.15, 0.2) is 11.4 Å². The Morgan fingerprint density at radius 1 is 1.08 bits per heavy atom. The standard InChI is InChI=1S/C18H13ClN2O4/c19-12-8-4-7-11-14(12)15(10-5-2-1-3-6-10)21-16(17(11)24)18(25)20-9-13(22)23/h1-8,24H,9H2,(H,20,25)(H,22,23). The van der Waals surface area contributed by atoms with Crippen LogP contribution in [0.3, 0.4) is 0 Å². The average Bonchev–Trinajstić information content (AvgIpc) is 2.61. The van der Waals surface area contributed by atoms with Crippen molar-refractivity contribution in [3.05, 3.63) is 59.2 Å². The van der Waals surface area contributed by atoms with Crippen LogP contribution in [0.4, 0.5) is 0 Å². The maximum Gasteiger partial charge on any atom is 0.322 e. The van der Waals surface area contributed by atoms with E-state index in [1.165, 1.54) is 0 Å². The van der Waals surface area contributed by atoms with Gasteiger partial charge in [-0.3, -0.25) is 9.59 Å². The summed E-state index contributed by atoms with van der Waals surface area (Å²) in [5.74, 6) is -2.32. The van der Waals surface area contributed by atoms with Crippen molar-refractivity contribution >= 4 is 34.2 Å². The SMILES string of the molecule is O=C(O)CNC(=O)c1nc(-c2ccccc2)c2c(Cl)cccc2c1O. The van der Waals surface area contributed by atoms with E-state index < -0.39 is 18.4 Å². The highest BCUT2D eigenvalue weighted by Crippen LogP contribution is 2.38. The van der Waals surface area contributed by atoms with Crippen molar-refractivity contribution in [1.29, 1.82) is 0 Å². The van der Waals surface area contributed by atoms with Crippen molar-refractivity contribution in [3.8, 4) is 17.0 Å². The normalized spacial score (nSPS) is 10.6. The van der Waals surface area contributed by atoms with Crippen molar-refractivity contribution in [2.45, 2.75) is 0 Å². The topological polar surface area (TPSA) is 99.5 Å². The number of aliphatic carboxylic acids is 1. The number of hydrogen-bond acceptors (Lipinski definition) is 4. The van der Waals surface area contributed by atoms with Crippen LogP contribution in [0.25, 0.3) is 22.0 Å². The molecular formula is C18H13ClN2O4. The van der Waals surface area contributed by atoms with Gasteiger partial charge < -0.3 is 15.5 Å². The van der Waals surface area contributed by atoms with Crippen LogP contribution in [0, 0.1) is 0 Å². The number of carbonyl (C=O) groups excluding carboxylic acids is 1. The summed E-state index contributed by atoms with van der Waals surface area (Å²) in [6.45, 7) is -0.575. The van der Waals surface area contributed by atoms with Crippen molar-refractivity contribution in [2.75, 3.05) is 6.54 Å². The molecule has 0 unspecified atom stereocenters. The molecule has 1 aromatic heterocycles. The molecule has 0 atom stereocenters. The van der Waals surface area contributed by atoms with E-state index in [2.05, 4.69) is 10.3 Å². The summed E-state index contributed by atoms with van der Waals surface area (Å²) < 4.78 is 0. The number of halogens is 1. The van der Waals surface area contributed by atoms with Gasteiger partial charge in [0.25, 0.3) is 5.91 Å². The van der Waals surface area contributed by atoms with E-state index in [-0.39, 0.29) is 11.4 Å². The second-order valence-corrected chi connectivity index (χ2v) is 5.67. The summed E-state index contributed by atoms with van der Waals surface area (Å²) in [5, 5.41) is 22.6. The van der Waals surface area contributed by atoms with Crippen LogP contribution in [0.2, 0.25) is 5.02 Å². The van der Waals surface area contributed by atoms with Crippen LogP contribution >= 0.6 is 11.6 Å². The lowest BCUT2D eigenvalue weighted by atomic mass is 10.0. The molecule has 0 spiro atoms. The summed E-state index contributed by atoms with van der Waals surface area (Å²) in [7, 11) is 0. The van der Waals surface area contributed by atoms with Crippen LogP contribution in [-0.2, 0) is 4.79 Å². The van der Waals surface area contributed by atoms with E-state index in [9.17, 15) is 14.7 Å². The first-order valence-electron chi connectivity index (χ1n) is 7.35. The lowest BCUT2D eigenvalue weighted by molar-refractivity contribution is -0.135. The predicted octanol–water partition coefficient (Wildman–Crippen LogP) is 3.08. The fraction of sp³-hybridized carbons (Fsp3) is 0.0556. The van der Waals surface area contributed by atoms with Gasteiger partial charge in [0.05, 0.1) is 10.7 Å².